The highest BCUT2D eigenvalue weighted by Crippen LogP contribution is 2.45. The molecule has 13 rings (SSSR count). The van der Waals surface area contributed by atoms with Gasteiger partial charge in [0.1, 0.15) is 5.58 Å². The molecule has 4 heterocycles. The number of hydrogen-bond donors (Lipinski definition) is 0. The Bertz CT molecular complexity index is 3800. The summed E-state index contributed by atoms with van der Waals surface area (Å²) in [5.74, 6) is 0.630. The van der Waals surface area contributed by atoms with Gasteiger partial charge in [-0.25, -0.2) is 4.98 Å². The largest absolute Gasteiger partial charge is 0.438 e. The van der Waals surface area contributed by atoms with E-state index in [0.29, 0.717) is 11.5 Å². The topological polar surface area (TPSA) is 43.9 Å². The summed E-state index contributed by atoms with van der Waals surface area (Å²) in [6, 6.07) is 63.1. The van der Waals surface area contributed by atoms with Crippen molar-refractivity contribution in [3.63, 3.8) is 0 Å². The van der Waals surface area contributed by atoms with E-state index in [4.69, 9.17) is 14.4 Å². The molecular formula is C52H29N3OS. The SMILES string of the molecule is c1ccc(-c2nc(-c3ccc(-n4c5cc6c(ccc7c8ccc9ccccc9c8sc67)cc5c5ccc6ccccc6c54)cc3)nc3oc4ccccc4c23)cc1. The van der Waals surface area contributed by atoms with Crippen LogP contribution < -0.4 is 0 Å². The Kier molecular flexibility index (Phi) is 6.29. The van der Waals surface area contributed by atoms with E-state index in [-0.39, 0.29) is 0 Å². The number of fused-ring (bicyclic) bond motifs is 15. The molecule has 5 heteroatoms. The van der Waals surface area contributed by atoms with Crippen molar-refractivity contribution in [1.82, 2.24) is 14.5 Å². The predicted octanol–water partition coefficient (Wildman–Crippen LogP) is 14.6. The molecule has 4 nitrogen and oxygen atoms in total. The molecular weight excluding hydrogens is 715 g/mol. The first-order chi connectivity index (χ1) is 28.2. The van der Waals surface area contributed by atoms with Gasteiger partial charge in [-0.3, -0.25) is 0 Å². The summed E-state index contributed by atoms with van der Waals surface area (Å²) in [6.07, 6.45) is 0. The third-order valence-corrected chi connectivity index (χ3v) is 13.1. The Hall–Kier alpha value is -7.34. The lowest BCUT2D eigenvalue weighted by Crippen LogP contribution is -1.96. The summed E-state index contributed by atoms with van der Waals surface area (Å²) in [6.45, 7) is 0. The van der Waals surface area contributed by atoms with Crippen molar-refractivity contribution in [2.45, 2.75) is 0 Å². The molecule has 0 saturated carbocycles. The molecule has 0 unspecified atom stereocenters. The lowest BCUT2D eigenvalue weighted by molar-refractivity contribution is 0.653. The highest BCUT2D eigenvalue weighted by molar-refractivity contribution is 7.27. The lowest BCUT2D eigenvalue weighted by Gasteiger charge is -2.12. The van der Waals surface area contributed by atoms with Gasteiger partial charge >= 0.3 is 0 Å². The first kappa shape index (κ1) is 30.9. The van der Waals surface area contributed by atoms with Crippen molar-refractivity contribution >= 4 is 108 Å². The van der Waals surface area contributed by atoms with E-state index in [1.165, 1.54) is 74.3 Å². The fourth-order valence-electron chi connectivity index (χ4n) is 9.14. The Morgan fingerprint density at radius 1 is 0.439 bits per heavy atom. The van der Waals surface area contributed by atoms with E-state index in [1.54, 1.807) is 0 Å². The van der Waals surface area contributed by atoms with Crippen LogP contribution in [0.3, 0.4) is 0 Å². The van der Waals surface area contributed by atoms with E-state index in [0.717, 1.165) is 38.9 Å². The highest BCUT2D eigenvalue weighted by atomic mass is 32.1. The van der Waals surface area contributed by atoms with Gasteiger partial charge in [-0.15, -0.1) is 11.3 Å². The summed E-state index contributed by atoms with van der Waals surface area (Å²) in [5.41, 5.74) is 7.68. The number of rotatable bonds is 3. The molecule has 57 heavy (non-hydrogen) atoms. The van der Waals surface area contributed by atoms with Crippen LogP contribution in [0.1, 0.15) is 0 Å². The molecule has 0 fully saturated rings. The van der Waals surface area contributed by atoms with Crippen LogP contribution >= 0.6 is 11.3 Å². The van der Waals surface area contributed by atoms with E-state index in [9.17, 15) is 0 Å². The van der Waals surface area contributed by atoms with Gasteiger partial charge in [0.05, 0.1) is 22.1 Å². The quantitative estimate of drug-likeness (QED) is 0.181. The van der Waals surface area contributed by atoms with Crippen molar-refractivity contribution in [2.24, 2.45) is 0 Å². The average Bonchev–Trinajstić information content (AvgIpc) is 3.95. The molecule has 0 saturated heterocycles. The predicted molar refractivity (Wildman–Crippen MR) is 240 cm³/mol. The highest BCUT2D eigenvalue weighted by Gasteiger charge is 2.21. The Labute approximate surface area is 329 Å². The first-order valence-corrected chi connectivity index (χ1v) is 20.0. The summed E-state index contributed by atoms with van der Waals surface area (Å²) in [5, 5.41) is 14.6. The van der Waals surface area contributed by atoms with Crippen LogP contribution in [0, 0.1) is 0 Å². The second-order valence-electron chi connectivity index (χ2n) is 14.9. The van der Waals surface area contributed by atoms with Gasteiger partial charge in [0.25, 0.3) is 0 Å². The molecule has 0 aliphatic carbocycles. The van der Waals surface area contributed by atoms with Crippen molar-refractivity contribution in [3.05, 3.63) is 176 Å². The maximum absolute atomic E-state index is 6.35. The molecule has 0 radical (unpaired) electrons. The number of thiophene rings is 1. The molecule has 13 aromatic rings. The number of hydrogen-bond acceptors (Lipinski definition) is 4. The molecule has 0 bridgehead atoms. The summed E-state index contributed by atoms with van der Waals surface area (Å²) < 4.78 is 11.5. The fourth-order valence-corrected chi connectivity index (χ4v) is 10.5. The summed E-state index contributed by atoms with van der Waals surface area (Å²) in [4.78, 5) is 10.2. The molecule has 0 N–H and O–H groups in total. The van der Waals surface area contributed by atoms with Crippen LogP contribution in [-0.2, 0) is 0 Å². The van der Waals surface area contributed by atoms with Crippen molar-refractivity contribution in [1.29, 1.82) is 0 Å². The maximum Gasteiger partial charge on any atom is 0.231 e. The minimum atomic E-state index is 0.588. The van der Waals surface area contributed by atoms with Crippen LogP contribution in [0.4, 0.5) is 0 Å². The van der Waals surface area contributed by atoms with Gasteiger partial charge in [0.15, 0.2) is 5.82 Å². The molecule has 0 aliphatic rings. The zero-order valence-electron chi connectivity index (χ0n) is 30.4. The molecule has 9 aromatic carbocycles. The zero-order chi connectivity index (χ0) is 37.2. The van der Waals surface area contributed by atoms with Crippen molar-refractivity contribution in [2.75, 3.05) is 0 Å². The zero-order valence-corrected chi connectivity index (χ0v) is 31.2. The van der Waals surface area contributed by atoms with E-state index in [1.807, 2.05) is 47.7 Å². The second kappa shape index (κ2) is 11.6. The van der Waals surface area contributed by atoms with Gasteiger partial charge in [-0.05, 0) is 64.0 Å². The molecule has 0 aliphatic heterocycles. The molecule has 0 spiro atoms. The monoisotopic (exact) mass is 743 g/mol. The van der Waals surface area contributed by atoms with Crippen LogP contribution in [0.2, 0.25) is 0 Å². The fraction of sp³-hybridized carbons (Fsp3) is 0. The van der Waals surface area contributed by atoms with Crippen LogP contribution in [-0.4, -0.2) is 14.5 Å². The third kappa shape index (κ3) is 4.43. The lowest BCUT2D eigenvalue weighted by atomic mass is 10.0. The van der Waals surface area contributed by atoms with Gasteiger partial charge in [0.2, 0.25) is 5.71 Å². The van der Waals surface area contributed by atoms with Crippen molar-refractivity contribution < 1.29 is 4.42 Å². The van der Waals surface area contributed by atoms with Gasteiger partial charge in [-0.1, -0.05) is 133 Å². The summed E-state index contributed by atoms with van der Waals surface area (Å²) in [7, 11) is 0. The van der Waals surface area contributed by atoms with Gasteiger partial charge < -0.3 is 8.98 Å². The van der Waals surface area contributed by atoms with E-state index >= 15 is 0 Å². The van der Waals surface area contributed by atoms with E-state index < -0.39 is 0 Å². The van der Waals surface area contributed by atoms with Gasteiger partial charge in [0, 0.05) is 63.9 Å². The number of para-hydroxylation sites is 1. The van der Waals surface area contributed by atoms with Crippen LogP contribution in [0.15, 0.2) is 180 Å². The molecule has 0 atom stereocenters. The molecule has 0 amide bonds. The van der Waals surface area contributed by atoms with Crippen LogP contribution in [0.5, 0.6) is 0 Å². The number of benzene rings is 9. The van der Waals surface area contributed by atoms with E-state index in [2.05, 4.69) is 144 Å². The smallest absolute Gasteiger partial charge is 0.231 e. The Morgan fingerprint density at radius 2 is 1.09 bits per heavy atom. The minimum absolute atomic E-state index is 0.588. The summed E-state index contributed by atoms with van der Waals surface area (Å²) >= 11 is 1.91. The maximum atomic E-state index is 6.35. The third-order valence-electron chi connectivity index (χ3n) is 11.8. The van der Waals surface area contributed by atoms with Crippen LogP contribution in [0.25, 0.3) is 125 Å². The Balaban J connectivity index is 1.05. The second-order valence-corrected chi connectivity index (χ2v) is 15.9. The van der Waals surface area contributed by atoms with Gasteiger partial charge in [-0.2, -0.15) is 4.98 Å². The van der Waals surface area contributed by atoms with Crippen molar-refractivity contribution in [3.8, 4) is 28.3 Å². The first-order valence-electron chi connectivity index (χ1n) is 19.2. The number of nitrogens with zero attached hydrogens (tertiary/aromatic N) is 3. The average molecular weight is 744 g/mol. The standard InChI is InChI=1S/C52H29N3OS/c1-2-12-32(13-3-1)47-46-41-16-8-9-17-45(41)56-52(46)54-51(53-47)33-18-23-35(24-19-33)55-44-29-42-34(28-43(44)38-25-20-30-10-4-6-14-36(30)48(38)55)22-27-40-39-26-21-31-11-5-7-15-37(31)49(39)57-50(40)42/h1-29H. The molecule has 264 valence electrons. The minimum Gasteiger partial charge on any atom is -0.438 e. The normalized spacial score (nSPS) is 12.2. The molecule has 4 aromatic heterocycles. The number of furan rings is 1. The number of aromatic nitrogens is 3. The Morgan fingerprint density at radius 3 is 1.89 bits per heavy atom.